The second-order valence-electron chi connectivity index (χ2n) is 3.52. The second-order valence-corrected chi connectivity index (χ2v) is 3.52. The molecule has 4 nitrogen and oxygen atoms in total. The number of aromatic nitrogens is 1. The molecule has 0 radical (unpaired) electrons. The first-order valence-electron chi connectivity index (χ1n) is 4.84. The van der Waals surface area contributed by atoms with Crippen LogP contribution in [0.1, 0.15) is 24.4 Å². The van der Waals surface area contributed by atoms with E-state index in [2.05, 4.69) is 10.3 Å². The molecule has 1 atom stereocenters. The van der Waals surface area contributed by atoms with Crippen LogP contribution in [-0.2, 0) is 0 Å². The van der Waals surface area contributed by atoms with Crippen LogP contribution in [-0.4, -0.2) is 18.6 Å². The molecule has 1 aromatic rings. The summed E-state index contributed by atoms with van der Waals surface area (Å²) in [5, 5.41) is 3.40. The molecular weight excluding hydrogens is 178 g/mol. The first-order chi connectivity index (χ1) is 6.81. The van der Waals surface area contributed by atoms with Crippen LogP contribution in [0, 0.1) is 0 Å². The summed E-state index contributed by atoms with van der Waals surface area (Å²) in [4.78, 5) is 4.15. The van der Waals surface area contributed by atoms with Gasteiger partial charge in [0.15, 0.2) is 0 Å². The number of nitrogens with zero attached hydrogens (tertiary/aromatic N) is 1. The number of ether oxygens (including phenoxy) is 1. The molecule has 1 fully saturated rings. The van der Waals surface area contributed by atoms with Crippen molar-refractivity contribution in [1.82, 2.24) is 10.3 Å². The topological polar surface area (TPSA) is 60.2 Å². The normalized spacial score (nSPS) is 21.1. The smallest absolute Gasteiger partial charge is 0.217 e. The van der Waals surface area contributed by atoms with E-state index in [4.69, 9.17) is 10.5 Å². The number of methoxy groups -OCH3 is 1. The number of hydrogen-bond donors (Lipinski definition) is 2. The molecule has 0 saturated carbocycles. The van der Waals surface area contributed by atoms with Crippen molar-refractivity contribution >= 4 is 5.69 Å². The fourth-order valence-corrected chi connectivity index (χ4v) is 1.86. The zero-order chi connectivity index (χ0) is 9.97. The molecule has 76 valence electrons. The van der Waals surface area contributed by atoms with E-state index >= 15 is 0 Å². The van der Waals surface area contributed by atoms with E-state index in [-0.39, 0.29) is 0 Å². The van der Waals surface area contributed by atoms with Gasteiger partial charge in [-0.1, -0.05) is 0 Å². The molecule has 0 amide bonds. The lowest BCUT2D eigenvalue weighted by Crippen LogP contribution is -2.14. The Morgan fingerprint density at radius 3 is 3.14 bits per heavy atom. The van der Waals surface area contributed by atoms with E-state index in [1.807, 2.05) is 6.07 Å². The lowest BCUT2D eigenvalue weighted by molar-refractivity contribution is 0.386. The van der Waals surface area contributed by atoms with Gasteiger partial charge in [-0.2, -0.15) is 0 Å². The molecule has 0 aliphatic carbocycles. The third kappa shape index (κ3) is 1.65. The van der Waals surface area contributed by atoms with E-state index in [0.717, 1.165) is 18.5 Å². The largest absolute Gasteiger partial charge is 0.481 e. The minimum Gasteiger partial charge on any atom is -0.481 e. The minimum atomic E-state index is 0.348. The van der Waals surface area contributed by atoms with Crippen LogP contribution in [0.5, 0.6) is 5.88 Å². The van der Waals surface area contributed by atoms with E-state index in [1.165, 1.54) is 6.42 Å². The van der Waals surface area contributed by atoms with Gasteiger partial charge in [-0.05, 0) is 25.5 Å². The molecule has 1 aromatic heterocycles. The van der Waals surface area contributed by atoms with Crippen LogP contribution in [0.25, 0.3) is 0 Å². The standard InChI is InChI=1S/C10H15N3O/c1-14-10-8(5-7(11)6-13-10)9-3-2-4-12-9/h5-6,9,12H,2-4,11H2,1H3/t9-/m1/s1. The molecule has 3 N–H and O–H groups in total. The Balaban J connectivity index is 2.33. The quantitative estimate of drug-likeness (QED) is 0.738. The molecule has 2 rings (SSSR count). The van der Waals surface area contributed by atoms with Gasteiger partial charge >= 0.3 is 0 Å². The number of nitrogen functional groups attached to an aromatic ring is 1. The maximum absolute atomic E-state index is 5.70. The summed E-state index contributed by atoms with van der Waals surface area (Å²) in [7, 11) is 1.64. The molecule has 0 bridgehead atoms. The maximum Gasteiger partial charge on any atom is 0.217 e. The van der Waals surface area contributed by atoms with Crippen LogP contribution in [0.15, 0.2) is 12.3 Å². The van der Waals surface area contributed by atoms with Crippen LogP contribution in [0.2, 0.25) is 0 Å². The van der Waals surface area contributed by atoms with Crippen molar-refractivity contribution in [1.29, 1.82) is 0 Å². The average molecular weight is 193 g/mol. The van der Waals surface area contributed by atoms with Crippen molar-refractivity contribution in [2.24, 2.45) is 0 Å². The Hall–Kier alpha value is -1.29. The van der Waals surface area contributed by atoms with Gasteiger partial charge < -0.3 is 15.8 Å². The summed E-state index contributed by atoms with van der Waals surface area (Å²) in [5.41, 5.74) is 7.47. The zero-order valence-electron chi connectivity index (χ0n) is 8.29. The molecule has 0 unspecified atom stereocenters. The Morgan fingerprint density at radius 1 is 1.64 bits per heavy atom. The van der Waals surface area contributed by atoms with Gasteiger partial charge in [-0.3, -0.25) is 0 Å². The maximum atomic E-state index is 5.70. The molecule has 0 aromatic carbocycles. The Labute approximate surface area is 83.5 Å². The van der Waals surface area contributed by atoms with Gasteiger partial charge in [0.1, 0.15) is 0 Å². The highest BCUT2D eigenvalue weighted by atomic mass is 16.5. The van der Waals surface area contributed by atoms with Crippen LogP contribution in [0.4, 0.5) is 5.69 Å². The summed E-state index contributed by atoms with van der Waals surface area (Å²) in [6.07, 6.45) is 3.95. The molecule has 1 aliphatic heterocycles. The third-order valence-corrected chi connectivity index (χ3v) is 2.53. The van der Waals surface area contributed by atoms with Crippen molar-refractivity contribution in [3.63, 3.8) is 0 Å². The summed E-state index contributed by atoms with van der Waals surface area (Å²) < 4.78 is 5.21. The Kier molecular flexibility index (Phi) is 2.54. The predicted octanol–water partition coefficient (Wildman–Crippen LogP) is 1.10. The molecule has 14 heavy (non-hydrogen) atoms. The van der Waals surface area contributed by atoms with Gasteiger partial charge in [0, 0.05) is 11.6 Å². The van der Waals surface area contributed by atoms with Crippen molar-refractivity contribution in [2.45, 2.75) is 18.9 Å². The molecule has 0 spiro atoms. The highest BCUT2D eigenvalue weighted by Gasteiger charge is 2.20. The number of pyridine rings is 1. The third-order valence-electron chi connectivity index (χ3n) is 2.53. The summed E-state index contributed by atoms with van der Waals surface area (Å²) >= 11 is 0. The summed E-state index contributed by atoms with van der Waals surface area (Å²) in [6.45, 7) is 1.06. The van der Waals surface area contributed by atoms with Gasteiger partial charge in [-0.15, -0.1) is 0 Å². The number of rotatable bonds is 2. The van der Waals surface area contributed by atoms with Gasteiger partial charge in [0.2, 0.25) is 5.88 Å². The number of anilines is 1. The van der Waals surface area contributed by atoms with Crippen LogP contribution >= 0.6 is 0 Å². The van der Waals surface area contributed by atoms with E-state index in [0.29, 0.717) is 17.6 Å². The van der Waals surface area contributed by atoms with Crippen molar-refractivity contribution in [3.8, 4) is 5.88 Å². The molecular formula is C10H15N3O. The Morgan fingerprint density at radius 2 is 2.50 bits per heavy atom. The van der Waals surface area contributed by atoms with Gasteiger partial charge in [-0.25, -0.2) is 4.98 Å². The van der Waals surface area contributed by atoms with E-state index in [1.54, 1.807) is 13.3 Å². The van der Waals surface area contributed by atoms with Gasteiger partial charge in [0.25, 0.3) is 0 Å². The molecule has 4 heteroatoms. The van der Waals surface area contributed by atoms with Crippen LogP contribution < -0.4 is 15.8 Å². The first-order valence-corrected chi connectivity index (χ1v) is 4.84. The fraction of sp³-hybridized carbons (Fsp3) is 0.500. The highest BCUT2D eigenvalue weighted by molar-refractivity contribution is 5.44. The fourth-order valence-electron chi connectivity index (χ4n) is 1.86. The number of nitrogens with two attached hydrogens (primary N) is 1. The number of nitrogens with one attached hydrogen (secondary N) is 1. The van der Waals surface area contributed by atoms with Crippen LogP contribution in [0.3, 0.4) is 0 Å². The SMILES string of the molecule is COc1ncc(N)cc1[C@H]1CCCN1. The molecule has 1 aliphatic rings. The highest BCUT2D eigenvalue weighted by Crippen LogP contribution is 2.30. The van der Waals surface area contributed by atoms with E-state index < -0.39 is 0 Å². The predicted molar refractivity (Wildman–Crippen MR) is 55.2 cm³/mol. The van der Waals surface area contributed by atoms with Crippen molar-refractivity contribution in [3.05, 3.63) is 17.8 Å². The minimum absolute atomic E-state index is 0.348. The van der Waals surface area contributed by atoms with Gasteiger partial charge in [0.05, 0.1) is 19.0 Å². The molecule has 2 heterocycles. The number of hydrogen-bond acceptors (Lipinski definition) is 4. The monoisotopic (exact) mass is 193 g/mol. The van der Waals surface area contributed by atoms with Crippen molar-refractivity contribution < 1.29 is 4.74 Å². The first kappa shape index (κ1) is 9.27. The average Bonchev–Trinajstić information content (AvgIpc) is 2.70. The second kappa shape index (κ2) is 3.84. The lowest BCUT2D eigenvalue weighted by Gasteiger charge is -2.14. The van der Waals surface area contributed by atoms with Crippen molar-refractivity contribution in [2.75, 3.05) is 19.4 Å². The lowest BCUT2D eigenvalue weighted by atomic mass is 10.1. The Bertz CT molecular complexity index is 321. The zero-order valence-corrected chi connectivity index (χ0v) is 8.29. The van der Waals surface area contributed by atoms with E-state index in [9.17, 15) is 0 Å². The summed E-state index contributed by atoms with van der Waals surface area (Å²) in [5.74, 6) is 0.679. The molecule has 1 saturated heterocycles. The summed E-state index contributed by atoms with van der Waals surface area (Å²) in [6, 6.07) is 2.29.